The molecule has 0 fully saturated rings. The summed E-state index contributed by atoms with van der Waals surface area (Å²) in [6.07, 6.45) is 0. The Bertz CT molecular complexity index is 512. The summed E-state index contributed by atoms with van der Waals surface area (Å²) in [4.78, 5) is 11.5. The molecule has 0 unspecified atom stereocenters. The molecule has 0 aromatic heterocycles. The molecule has 6 heteroatoms. The van der Waals surface area contributed by atoms with Crippen molar-refractivity contribution in [1.29, 1.82) is 5.26 Å². The molecule has 0 saturated carbocycles. The van der Waals surface area contributed by atoms with Crippen molar-refractivity contribution >= 4 is 17.5 Å². The maximum Gasteiger partial charge on any atom is 0.258 e. The van der Waals surface area contributed by atoms with Gasteiger partial charge in [-0.2, -0.15) is 5.26 Å². The molecule has 21 heavy (non-hydrogen) atoms. The zero-order valence-corrected chi connectivity index (χ0v) is 13.0. The predicted octanol–water partition coefficient (Wildman–Crippen LogP) is 2.10. The van der Waals surface area contributed by atoms with Crippen LogP contribution in [0.5, 0.6) is 5.75 Å². The highest BCUT2D eigenvalue weighted by Crippen LogP contribution is 2.28. The smallest absolute Gasteiger partial charge is 0.258 e. The number of halogens is 1. The van der Waals surface area contributed by atoms with Gasteiger partial charge in [-0.25, -0.2) is 0 Å². The number of carbonyl (C=O) groups is 1. The molecule has 0 radical (unpaired) electrons. The number of nitrogens with one attached hydrogen (secondary N) is 2. The van der Waals surface area contributed by atoms with Crippen molar-refractivity contribution in [2.24, 2.45) is 5.92 Å². The lowest BCUT2D eigenvalue weighted by atomic mass is 10.2. The van der Waals surface area contributed by atoms with Gasteiger partial charge in [-0.3, -0.25) is 4.79 Å². The van der Waals surface area contributed by atoms with E-state index in [1.807, 2.05) is 18.2 Å². The molecule has 0 heterocycles. The van der Waals surface area contributed by atoms with Crippen molar-refractivity contribution in [3.63, 3.8) is 0 Å². The molecule has 114 valence electrons. The molecule has 0 aliphatic rings. The number of benzene rings is 1. The van der Waals surface area contributed by atoms with Gasteiger partial charge in [-0.15, -0.1) is 0 Å². The van der Waals surface area contributed by atoms with Gasteiger partial charge in [-0.05, 0) is 18.5 Å². The van der Waals surface area contributed by atoms with E-state index in [0.717, 1.165) is 12.1 Å². The lowest BCUT2D eigenvalue weighted by Crippen LogP contribution is -2.29. The van der Waals surface area contributed by atoms with Crippen LogP contribution in [0.25, 0.3) is 0 Å². The average Bonchev–Trinajstić information content (AvgIpc) is 2.44. The van der Waals surface area contributed by atoms with Gasteiger partial charge in [0.05, 0.1) is 11.1 Å². The standard InChI is InChI=1S/C15H20ClN3O2/c1-11(2)8-18-9-12-4-3-5-13(16)15(12)21-10-14(20)19-7-6-17/h3-5,11,18H,7-10H2,1-2H3,(H,19,20). The van der Waals surface area contributed by atoms with Crippen LogP contribution < -0.4 is 15.4 Å². The van der Waals surface area contributed by atoms with Crippen LogP contribution in [0.3, 0.4) is 0 Å². The molecular formula is C15H20ClN3O2. The molecular weight excluding hydrogens is 290 g/mol. The van der Waals surface area contributed by atoms with E-state index >= 15 is 0 Å². The fourth-order valence-corrected chi connectivity index (χ4v) is 1.93. The largest absolute Gasteiger partial charge is 0.482 e. The van der Waals surface area contributed by atoms with Gasteiger partial charge in [0.1, 0.15) is 12.3 Å². The Morgan fingerprint density at radius 1 is 1.48 bits per heavy atom. The second-order valence-corrected chi connectivity index (χ2v) is 5.38. The van der Waals surface area contributed by atoms with Gasteiger partial charge in [0, 0.05) is 12.1 Å². The lowest BCUT2D eigenvalue weighted by Gasteiger charge is -2.14. The first-order valence-electron chi connectivity index (χ1n) is 6.79. The molecule has 2 N–H and O–H groups in total. The summed E-state index contributed by atoms with van der Waals surface area (Å²) in [6.45, 7) is 5.56. The minimum Gasteiger partial charge on any atom is -0.482 e. The first-order chi connectivity index (χ1) is 10.0. The highest BCUT2D eigenvalue weighted by molar-refractivity contribution is 6.32. The van der Waals surface area contributed by atoms with Gasteiger partial charge >= 0.3 is 0 Å². The SMILES string of the molecule is CC(C)CNCc1cccc(Cl)c1OCC(=O)NCC#N. The normalized spacial score (nSPS) is 10.2. The van der Waals surface area contributed by atoms with Gasteiger partial charge in [0.15, 0.2) is 6.61 Å². The Kier molecular flexibility index (Phi) is 7.59. The van der Waals surface area contributed by atoms with Crippen LogP contribution in [-0.2, 0) is 11.3 Å². The minimum atomic E-state index is -0.349. The van der Waals surface area contributed by atoms with E-state index < -0.39 is 0 Å². The quantitative estimate of drug-likeness (QED) is 0.721. The molecule has 1 aromatic rings. The van der Waals surface area contributed by atoms with Gasteiger partial charge in [0.25, 0.3) is 5.91 Å². The van der Waals surface area contributed by atoms with Crippen LogP contribution in [0.15, 0.2) is 18.2 Å². The molecule has 0 aliphatic heterocycles. The molecule has 0 atom stereocenters. The number of ether oxygens (including phenoxy) is 1. The molecule has 0 spiro atoms. The molecule has 5 nitrogen and oxygen atoms in total. The number of nitriles is 1. The molecule has 1 aromatic carbocycles. The third-order valence-electron chi connectivity index (χ3n) is 2.63. The second kappa shape index (κ2) is 9.22. The number of rotatable bonds is 8. The van der Waals surface area contributed by atoms with E-state index in [0.29, 0.717) is 23.2 Å². The summed E-state index contributed by atoms with van der Waals surface area (Å²) >= 11 is 6.12. The van der Waals surface area contributed by atoms with E-state index in [9.17, 15) is 4.79 Å². The lowest BCUT2D eigenvalue weighted by molar-refractivity contribution is -0.122. The molecule has 0 aliphatic carbocycles. The fraction of sp³-hybridized carbons (Fsp3) is 0.467. The second-order valence-electron chi connectivity index (χ2n) is 4.98. The van der Waals surface area contributed by atoms with E-state index in [1.165, 1.54) is 0 Å². The Labute approximate surface area is 130 Å². The monoisotopic (exact) mass is 309 g/mol. The van der Waals surface area contributed by atoms with Crippen molar-refractivity contribution < 1.29 is 9.53 Å². The van der Waals surface area contributed by atoms with E-state index in [2.05, 4.69) is 24.5 Å². The number of carbonyl (C=O) groups excluding carboxylic acids is 1. The molecule has 1 rings (SSSR count). The number of nitrogens with zero attached hydrogens (tertiary/aromatic N) is 1. The van der Waals surface area contributed by atoms with Gasteiger partial charge < -0.3 is 15.4 Å². The summed E-state index contributed by atoms with van der Waals surface area (Å²) in [5.74, 6) is 0.699. The fourth-order valence-electron chi connectivity index (χ4n) is 1.68. The van der Waals surface area contributed by atoms with Crippen LogP contribution in [-0.4, -0.2) is 25.6 Å². The van der Waals surface area contributed by atoms with Crippen molar-refractivity contribution in [2.45, 2.75) is 20.4 Å². The summed E-state index contributed by atoms with van der Waals surface area (Å²) < 4.78 is 5.49. The zero-order valence-electron chi connectivity index (χ0n) is 12.3. The third-order valence-corrected chi connectivity index (χ3v) is 2.93. The van der Waals surface area contributed by atoms with Crippen LogP contribution in [0.4, 0.5) is 0 Å². The minimum absolute atomic E-state index is 0.0342. The Balaban J connectivity index is 2.63. The maximum absolute atomic E-state index is 11.5. The van der Waals surface area contributed by atoms with Crippen LogP contribution in [0.2, 0.25) is 5.02 Å². The molecule has 0 saturated heterocycles. The van der Waals surface area contributed by atoms with Crippen molar-refractivity contribution in [3.05, 3.63) is 28.8 Å². The maximum atomic E-state index is 11.5. The molecule has 0 bridgehead atoms. The van der Waals surface area contributed by atoms with Crippen molar-refractivity contribution in [2.75, 3.05) is 19.7 Å². The van der Waals surface area contributed by atoms with Crippen LogP contribution in [0, 0.1) is 17.2 Å². The van der Waals surface area contributed by atoms with Gasteiger partial charge in [-0.1, -0.05) is 37.6 Å². The van der Waals surface area contributed by atoms with Crippen molar-refractivity contribution in [3.8, 4) is 11.8 Å². The predicted molar refractivity (Wildman–Crippen MR) is 82.1 cm³/mol. The summed E-state index contributed by atoms with van der Waals surface area (Å²) in [6, 6.07) is 7.30. The first-order valence-corrected chi connectivity index (χ1v) is 7.17. The number of para-hydroxylation sites is 1. The summed E-state index contributed by atoms with van der Waals surface area (Å²) in [5.41, 5.74) is 0.899. The van der Waals surface area contributed by atoms with Crippen LogP contribution in [0.1, 0.15) is 19.4 Å². The summed E-state index contributed by atoms with van der Waals surface area (Å²) in [7, 11) is 0. The Morgan fingerprint density at radius 2 is 2.24 bits per heavy atom. The highest BCUT2D eigenvalue weighted by atomic mass is 35.5. The number of hydrogen-bond donors (Lipinski definition) is 2. The van der Waals surface area contributed by atoms with E-state index in [1.54, 1.807) is 6.07 Å². The van der Waals surface area contributed by atoms with Gasteiger partial charge in [0.2, 0.25) is 0 Å². The first kappa shape index (κ1) is 17.3. The zero-order chi connectivity index (χ0) is 15.7. The highest BCUT2D eigenvalue weighted by Gasteiger charge is 2.10. The average molecular weight is 310 g/mol. The number of hydrogen-bond acceptors (Lipinski definition) is 4. The molecule has 1 amide bonds. The Morgan fingerprint density at radius 3 is 2.90 bits per heavy atom. The van der Waals surface area contributed by atoms with Crippen molar-refractivity contribution in [1.82, 2.24) is 10.6 Å². The number of amides is 1. The summed E-state index contributed by atoms with van der Waals surface area (Å²) in [5, 5.41) is 14.6. The van der Waals surface area contributed by atoms with Crippen LogP contribution >= 0.6 is 11.6 Å². The van der Waals surface area contributed by atoms with E-state index in [4.69, 9.17) is 21.6 Å². The Hall–Kier alpha value is -1.77. The third kappa shape index (κ3) is 6.48. The topological polar surface area (TPSA) is 74.2 Å². The van der Waals surface area contributed by atoms with E-state index in [-0.39, 0.29) is 19.1 Å².